The molecule has 0 heterocycles. The van der Waals surface area contributed by atoms with Gasteiger partial charge in [0.05, 0.1) is 17.4 Å². The van der Waals surface area contributed by atoms with Crippen LogP contribution in [0.3, 0.4) is 0 Å². The highest BCUT2D eigenvalue weighted by molar-refractivity contribution is 5.85. The molecule has 0 unspecified atom stereocenters. The average Bonchev–Trinajstić information content (AvgIpc) is 2.35. The summed E-state index contributed by atoms with van der Waals surface area (Å²) in [4.78, 5) is 32.5. The predicted octanol–water partition coefficient (Wildman–Crippen LogP) is 0.0875. The van der Waals surface area contributed by atoms with Gasteiger partial charge in [-0.1, -0.05) is 12.1 Å². The number of nitrogens with one attached hydrogen (secondary N) is 1. The Morgan fingerprint density at radius 1 is 1.45 bits per heavy atom. The first-order chi connectivity index (χ1) is 9.31. The largest absolute Gasteiger partial charge is 0.480 e. The van der Waals surface area contributed by atoms with E-state index in [2.05, 4.69) is 5.32 Å². The van der Waals surface area contributed by atoms with Gasteiger partial charge < -0.3 is 15.5 Å². The zero-order chi connectivity index (χ0) is 15.3. The van der Waals surface area contributed by atoms with Crippen LogP contribution >= 0.6 is 0 Å². The lowest BCUT2D eigenvalue weighted by Gasteiger charge is -2.16. The third kappa shape index (κ3) is 4.32. The highest BCUT2D eigenvalue weighted by atomic mass is 16.6. The molecule has 1 aromatic carbocycles. The molecule has 0 aromatic heterocycles. The number of nitrogens with zero attached hydrogens (tertiary/aromatic N) is 1. The minimum atomic E-state index is -1.42. The lowest BCUT2D eigenvalue weighted by atomic mass is 10.1. The molecule has 0 saturated carbocycles. The van der Waals surface area contributed by atoms with Crippen LogP contribution in [0.4, 0.5) is 5.69 Å². The van der Waals surface area contributed by atoms with Gasteiger partial charge in [-0.25, -0.2) is 4.79 Å². The number of carboxylic acid groups (broad SMARTS) is 1. The van der Waals surface area contributed by atoms with Crippen molar-refractivity contribution in [2.75, 3.05) is 0 Å². The SMILES string of the molecule is C[C@@H](O)[C@H](NC(=O)Cc1cccc([N+](=O)[O-])c1)C(=O)O. The summed E-state index contributed by atoms with van der Waals surface area (Å²) in [6.07, 6.45) is -1.46. The number of hydrogen-bond donors (Lipinski definition) is 3. The first-order valence-electron chi connectivity index (χ1n) is 5.75. The van der Waals surface area contributed by atoms with E-state index in [0.29, 0.717) is 5.56 Å². The van der Waals surface area contributed by atoms with Gasteiger partial charge in [-0.3, -0.25) is 14.9 Å². The molecular formula is C12H14N2O6. The number of carboxylic acids is 1. The van der Waals surface area contributed by atoms with E-state index in [9.17, 15) is 24.8 Å². The van der Waals surface area contributed by atoms with E-state index in [4.69, 9.17) is 5.11 Å². The Hall–Kier alpha value is -2.48. The molecule has 0 aliphatic carbocycles. The number of rotatable bonds is 6. The van der Waals surface area contributed by atoms with Crippen molar-refractivity contribution in [3.05, 3.63) is 39.9 Å². The number of nitro benzene ring substituents is 1. The Morgan fingerprint density at radius 2 is 2.10 bits per heavy atom. The van der Waals surface area contributed by atoms with Crippen LogP contribution < -0.4 is 5.32 Å². The average molecular weight is 282 g/mol. The third-order valence-corrected chi connectivity index (χ3v) is 2.55. The number of aliphatic hydroxyl groups is 1. The number of hydrogen-bond acceptors (Lipinski definition) is 5. The van der Waals surface area contributed by atoms with Crippen LogP contribution in [-0.4, -0.2) is 39.2 Å². The second kappa shape index (κ2) is 6.62. The Morgan fingerprint density at radius 3 is 2.60 bits per heavy atom. The standard InChI is InChI=1S/C12H14N2O6/c1-7(15)11(12(17)18)13-10(16)6-8-3-2-4-9(5-8)14(19)20/h2-5,7,11,15H,6H2,1H3,(H,13,16)(H,17,18)/t7-,11+/m1/s1. The van der Waals surface area contributed by atoms with E-state index in [1.807, 2.05) is 0 Å². The summed E-state index contributed by atoms with van der Waals surface area (Å²) < 4.78 is 0. The highest BCUT2D eigenvalue weighted by Crippen LogP contribution is 2.13. The number of nitro groups is 1. The maximum absolute atomic E-state index is 11.7. The number of carbonyl (C=O) groups excluding carboxylic acids is 1. The molecule has 1 aromatic rings. The molecule has 1 amide bonds. The zero-order valence-corrected chi connectivity index (χ0v) is 10.6. The topological polar surface area (TPSA) is 130 Å². The van der Waals surface area contributed by atoms with Crippen LogP contribution in [0, 0.1) is 10.1 Å². The first-order valence-corrected chi connectivity index (χ1v) is 5.75. The fourth-order valence-corrected chi connectivity index (χ4v) is 1.58. The highest BCUT2D eigenvalue weighted by Gasteiger charge is 2.24. The molecule has 108 valence electrons. The summed E-state index contributed by atoms with van der Waals surface area (Å²) >= 11 is 0. The Kier molecular flexibility index (Phi) is 5.15. The fourth-order valence-electron chi connectivity index (χ4n) is 1.58. The molecular weight excluding hydrogens is 268 g/mol. The van der Waals surface area contributed by atoms with Crippen LogP contribution in [0.1, 0.15) is 12.5 Å². The van der Waals surface area contributed by atoms with E-state index in [1.165, 1.54) is 31.2 Å². The maximum atomic E-state index is 11.7. The van der Waals surface area contributed by atoms with Crippen LogP contribution in [0.25, 0.3) is 0 Å². The molecule has 1 rings (SSSR count). The normalized spacial score (nSPS) is 13.3. The van der Waals surface area contributed by atoms with Crippen molar-refractivity contribution in [2.24, 2.45) is 0 Å². The summed E-state index contributed by atoms with van der Waals surface area (Å²) in [7, 11) is 0. The predicted molar refractivity (Wildman–Crippen MR) is 68.0 cm³/mol. The van der Waals surface area contributed by atoms with Crippen molar-refractivity contribution < 1.29 is 24.7 Å². The van der Waals surface area contributed by atoms with Gasteiger partial charge in [0, 0.05) is 12.1 Å². The molecule has 8 nitrogen and oxygen atoms in total. The van der Waals surface area contributed by atoms with Gasteiger partial charge in [0.1, 0.15) is 0 Å². The summed E-state index contributed by atoms with van der Waals surface area (Å²) in [5.74, 6) is -1.99. The van der Waals surface area contributed by atoms with Crippen molar-refractivity contribution in [3.8, 4) is 0 Å². The molecule has 0 spiro atoms. The van der Waals surface area contributed by atoms with E-state index in [-0.39, 0.29) is 12.1 Å². The summed E-state index contributed by atoms with van der Waals surface area (Å²) in [5.41, 5.74) is 0.229. The number of non-ortho nitro benzene ring substituents is 1. The fraction of sp³-hybridized carbons (Fsp3) is 0.333. The van der Waals surface area contributed by atoms with Crippen LogP contribution in [0.2, 0.25) is 0 Å². The molecule has 3 N–H and O–H groups in total. The Labute approximate surface area is 114 Å². The number of carbonyl (C=O) groups is 2. The maximum Gasteiger partial charge on any atom is 0.328 e. The van der Waals surface area contributed by atoms with Crippen molar-refractivity contribution in [1.29, 1.82) is 0 Å². The number of benzene rings is 1. The molecule has 0 saturated heterocycles. The van der Waals surface area contributed by atoms with E-state index >= 15 is 0 Å². The number of aliphatic hydroxyl groups excluding tert-OH is 1. The monoisotopic (exact) mass is 282 g/mol. The van der Waals surface area contributed by atoms with Crippen molar-refractivity contribution in [3.63, 3.8) is 0 Å². The molecule has 0 radical (unpaired) electrons. The summed E-state index contributed by atoms with van der Waals surface area (Å²) in [5, 5.41) is 30.8. The van der Waals surface area contributed by atoms with Crippen LogP contribution in [0.15, 0.2) is 24.3 Å². The van der Waals surface area contributed by atoms with Gasteiger partial charge in [-0.05, 0) is 12.5 Å². The van der Waals surface area contributed by atoms with Gasteiger partial charge in [-0.15, -0.1) is 0 Å². The molecule has 8 heteroatoms. The summed E-state index contributed by atoms with van der Waals surface area (Å²) in [6, 6.07) is 4.06. The summed E-state index contributed by atoms with van der Waals surface area (Å²) in [6.45, 7) is 1.24. The van der Waals surface area contributed by atoms with E-state index in [0.717, 1.165) is 0 Å². The van der Waals surface area contributed by atoms with Crippen LogP contribution in [0.5, 0.6) is 0 Å². The zero-order valence-electron chi connectivity index (χ0n) is 10.6. The smallest absolute Gasteiger partial charge is 0.328 e. The van der Waals surface area contributed by atoms with Gasteiger partial charge in [0.15, 0.2) is 6.04 Å². The molecule has 2 atom stereocenters. The quantitative estimate of drug-likeness (QED) is 0.500. The second-order valence-electron chi connectivity index (χ2n) is 4.23. The van der Waals surface area contributed by atoms with Crippen molar-refractivity contribution in [2.45, 2.75) is 25.5 Å². The molecule has 0 aliphatic rings. The van der Waals surface area contributed by atoms with Crippen molar-refractivity contribution in [1.82, 2.24) is 5.32 Å². The first kappa shape index (κ1) is 15.6. The lowest BCUT2D eigenvalue weighted by molar-refractivity contribution is -0.384. The third-order valence-electron chi connectivity index (χ3n) is 2.55. The minimum absolute atomic E-state index is 0.152. The molecule has 0 fully saturated rings. The molecule has 20 heavy (non-hydrogen) atoms. The van der Waals surface area contributed by atoms with Gasteiger partial charge in [0.25, 0.3) is 5.69 Å². The Bertz CT molecular complexity index is 528. The van der Waals surface area contributed by atoms with Gasteiger partial charge >= 0.3 is 5.97 Å². The van der Waals surface area contributed by atoms with E-state index in [1.54, 1.807) is 0 Å². The molecule has 0 bridgehead atoms. The lowest BCUT2D eigenvalue weighted by Crippen LogP contribution is -2.48. The van der Waals surface area contributed by atoms with Gasteiger partial charge in [-0.2, -0.15) is 0 Å². The van der Waals surface area contributed by atoms with Crippen molar-refractivity contribution >= 4 is 17.6 Å². The number of amides is 1. The number of aliphatic carboxylic acids is 1. The van der Waals surface area contributed by atoms with E-state index < -0.39 is 28.9 Å². The van der Waals surface area contributed by atoms with Crippen LogP contribution in [-0.2, 0) is 16.0 Å². The molecule has 0 aliphatic heterocycles. The second-order valence-corrected chi connectivity index (χ2v) is 4.23. The Balaban J connectivity index is 2.73. The van der Waals surface area contributed by atoms with Gasteiger partial charge in [0.2, 0.25) is 5.91 Å². The minimum Gasteiger partial charge on any atom is -0.480 e.